The van der Waals surface area contributed by atoms with Crippen LogP contribution < -0.4 is 4.33 Å². The van der Waals surface area contributed by atoms with E-state index in [2.05, 4.69) is 33.0 Å². The number of carbonyl (C=O) groups is 3. The Kier molecular flexibility index (Phi) is 9.51. The molecular formula is C9H16N2O5SSe2. The number of nitrogens with one attached hydrogen (secondary N) is 1. The third-order valence-electron chi connectivity index (χ3n) is 2.06. The second-order valence-electron chi connectivity index (χ2n) is 3.49. The van der Waals surface area contributed by atoms with Crippen molar-refractivity contribution in [3.63, 3.8) is 0 Å². The Morgan fingerprint density at radius 3 is 2.26 bits per heavy atom. The zero-order valence-electron chi connectivity index (χ0n) is 10.1. The van der Waals surface area contributed by atoms with E-state index in [-0.39, 0.29) is 6.42 Å². The van der Waals surface area contributed by atoms with Crippen LogP contribution in [0, 0.1) is 0 Å². The van der Waals surface area contributed by atoms with Gasteiger partial charge in [-0.2, -0.15) is 0 Å². The van der Waals surface area contributed by atoms with Gasteiger partial charge in [0.1, 0.15) is 0 Å². The SMILES string of the molecule is CC(=O)N([Se]N[C@@H](C[SeH])C(=O)O)[C@@H](CCS)C(=O)O. The van der Waals surface area contributed by atoms with Crippen molar-refractivity contribution in [1.29, 1.82) is 0 Å². The van der Waals surface area contributed by atoms with E-state index in [9.17, 15) is 14.4 Å². The van der Waals surface area contributed by atoms with Crippen molar-refractivity contribution in [2.24, 2.45) is 0 Å². The first-order valence-electron chi connectivity index (χ1n) is 5.24. The van der Waals surface area contributed by atoms with Crippen molar-refractivity contribution in [2.45, 2.75) is 30.7 Å². The van der Waals surface area contributed by atoms with Crippen LogP contribution in [0.3, 0.4) is 0 Å². The third kappa shape index (κ3) is 6.65. The molecule has 0 aromatic heterocycles. The minimum absolute atomic E-state index is 0.210. The van der Waals surface area contributed by atoms with Gasteiger partial charge in [0, 0.05) is 0 Å². The van der Waals surface area contributed by atoms with Gasteiger partial charge >= 0.3 is 131 Å². The molecule has 1 amide bonds. The number of hydrogen-bond donors (Lipinski definition) is 4. The van der Waals surface area contributed by atoms with Gasteiger partial charge in [-0.1, -0.05) is 0 Å². The number of hydrogen-bond acceptors (Lipinski definition) is 5. The molecule has 0 saturated carbocycles. The predicted molar refractivity (Wildman–Crippen MR) is 74.7 cm³/mol. The van der Waals surface area contributed by atoms with Gasteiger partial charge in [0.25, 0.3) is 0 Å². The van der Waals surface area contributed by atoms with E-state index in [4.69, 9.17) is 10.2 Å². The molecule has 0 radical (unpaired) electrons. The standard InChI is InChI=1S/C9H16N2O5SSe2/c1-5(12)11(7(2-3-17)9(15)16)19-10-6(4-18)8(13)14/h6-7,10,17-18H,2-4H2,1H3,(H,13,14)(H,15,16)/t6-,7-/m0/s1. The Balaban J connectivity index is 4.76. The summed E-state index contributed by atoms with van der Waals surface area (Å²) in [5, 5.41) is 18.3. The van der Waals surface area contributed by atoms with Crippen molar-refractivity contribution in [3.05, 3.63) is 0 Å². The molecule has 10 heteroatoms. The molecule has 0 aliphatic rings. The number of nitrogens with zero attached hydrogens (tertiary/aromatic N) is 1. The van der Waals surface area contributed by atoms with Crippen LogP contribution in [-0.4, -0.2) is 81.2 Å². The second-order valence-corrected chi connectivity index (χ2v) is 6.41. The molecule has 0 aromatic carbocycles. The van der Waals surface area contributed by atoms with Gasteiger partial charge in [0.2, 0.25) is 0 Å². The number of amides is 1. The van der Waals surface area contributed by atoms with Crippen molar-refractivity contribution in [2.75, 3.05) is 5.75 Å². The Bertz CT molecular complexity index is 345. The van der Waals surface area contributed by atoms with Gasteiger partial charge < -0.3 is 0 Å². The molecule has 0 aromatic rings. The maximum absolute atomic E-state index is 11.5. The molecule has 0 aliphatic carbocycles. The van der Waals surface area contributed by atoms with Crippen molar-refractivity contribution >= 4 is 61.9 Å². The molecule has 0 bridgehead atoms. The quantitative estimate of drug-likeness (QED) is 0.266. The molecule has 0 aliphatic heterocycles. The molecule has 0 saturated heterocycles. The average Bonchev–Trinajstić information content (AvgIpc) is 2.31. The van der Waals surface area contributed by atoms with Gasteiger partial charge in [-0.3, -0.25) is 0 Å². The summed E-state index contributed by atoms with van der Waals surface area (Å²) in [6.45, 7) is 1.26. The van der Waals surface area contributed by atoms with Crippen molar-refractivity contribution in [1.82, 2.24) is 8.25 Å². The second kappa shape index (κ2) is 9.63. The Morgan fingerprint density at radius 1 is 1.37 bits per heavy atom. The van der Waals surface area contributed by atoms with Crippen LogP contribution >= 0.6 is 12.6 Å². The molecule has 0 heterocycles. The molecule has 0 unspecified atom stereocenters. The molecule has 110 valence electrons. The van der Waals surface area contributed by atoms with Crippen molar-refractivity contribution in [3.8, 4) is 0 Å². The van der Waals surface area contributed by atoms with Gasteiger partial charge in [-0.05, 0) is 0 Å². The molecule has 7 nitrogen and oxygen atoms in total. The monoisotopic (exact) mass is 424 g/mol. The van der Waals surface area contributed by atoms with E-state index < -0.39 is 45.3 Å². The summed E-state index contributed by atoms with van der Waals surface area (Å²) in [5.74, 6) is -2.24. The zero-order chi connectivity index (χ0) is 15.0. The Hall–Kier alpha value is -0.241. The Labute approximate surface area is 131 Å². The first kappa shape index (κ1) is 18.8. The Morgan fingerprint density at radius 2 is 1.95 bits per heavy atom. The summed E-state index contributed by atoms with van der Waals surface area (Å²) >= 11 is 5.36. The molecule has 2 atom stereocenters. The summed E-state index contributed by atoms with van der Waals surface area (Å²) in [5.41, 5.74) is 0. The van der Waals surface area contributed by atoms with Gasteiger partial charge in [-0.25, -0.2) is 0 Å². The van der Waals surface area contributed by atoms with E-state index in [1.807, 2.05) is 0 Å². The van der Waals surface area contributed by atoms with Crippen LogP contribution in [0.4, 0.5) is 0 Å². The first-order valence-corrected chi connectivity index (χ1v) is 8.83. The summed E-state index contributed by atoms with van der Waals surface area (Å²) in [6.07, 6.45) is 0.210. The van der Waals surface area contributed by atoms with E-state index >= 15 is 0 Å². The summed E-state index contributed by atoms with van der Waals surface area (Å²) in [6, 6.07) is -1.80. The van der Waals surface area contributed by atoms with E-state index in [1.165, 1.54) is 6.92 Å². The van der Waals surface area contributed by atoms with Crippen LogP contribution in [0.2, 0.25) is 5.32 Å². The van der Waals surface area contributed by atoms with Gasteiger partial charge in [0.05, 0.1) is 0 Å². The average molecular weight is 422 g/mol. The number of carbonyl (C=O) groups excluding carboxylic acids is 1. The normalized spacial score (nSPS) is 13.6. The van der Waals surface area contributed by atoms with Crippen LogP contribution in [-0.2, 0) is 14.4 Å². The molecule has 3 N–H and O–H groups in total. The summed E-state index contributed by atoms with van der Waals surface area (Å²) < 4.78 is 3.87. The fourth-order valence-corrected chi connectivity index (χ4v) is 4.30. The number of carboxylic acids is 2. The maximum atomic E-state index is 11.5. The fourth-order valence-electron chi connectivity index (χ4n) is 1.10. The summed E-state index contributed by atoms with van der Waals surface area (Å²) in [4.78, 5) is 33.5. The van der Waals surface area contributed by atoms with E-state index in [1.54, 1.807) is 0 Å². The van der Waals surface area contributed by atoms with E-state index in [0.29, 0.717) is 11.1 Å². The topological polar surface area (TPSA) is 107 Å². The van der Waals surface area contributed by atoms with Gasteiger partial charge in [0.15, 0.2) is 0 Å². The number of carboxylic acid groups (broad SMARTS) is 2. The molecule has 0 fully saturated rings. The van der Waals surface area contributed by atoms with Crippen LogP contribution in [0.1, 0.15) is 13.3 Å². The van der Waals surface area contributed by atoms with E-state index in [0.717, 1.165) is 3.92 Å². The molecular weight excluding hydrogens is 406 g/mol. The third-order valence-corrected chi connectivity index (χ3v) is 5.38. The first-order chi connectivity index (χ1) is 8.84. The van der Waals surface area contributed by atoms with Gasteiger partial charge in [-0.15, -0.1) is 0 Å². The minimum atomic E-state index is -1.12. The van der Waals surface area contributed by atoms with Crippen LogP contribution in [0.15, 0.2) is 0 Å². The number of thiol groups is 1. The molecule has 0 rings (SSSR count). The summed E-state index contributed by atoms with van der Waals surface area (Å²) in [7, 11) is 0. The number of rotatable bonds is 9. The molecule has 0 spiro atoms. The fraction of sp³-hybridized carbons (Fsp3) is 0.667. The van der Waals surface area contributed by atoms with Crippen LogP contribution in [0.25, 0.3) is 0 Å². The van der Waals surface area contributed by atoms with Crippen molar-refractivity contribution < 1.29 is 24.6 Å². The van der Waals surface area contributed by atoms with Crippen LogP contribution in [0.5, 0.6) is 0 Å². The zero-order valence-corrected chi connectivity index (χ0v) is 14.6. The molecule has 19 heavy (non-hydrogen) atoms. The predicted octanol–water partition coefficient (Wildman–Crippen LogP) is -1.50. The number of aliphatic carboxylic acids is 2.